The lowest BCUT2D eigenvalue weighted by Gasteiger charge is -2.57. The summed E-state index contributed by atoms with van der Waals surface area (Å²) in [6.07, 6.45) is 13.8. The minimum atomic E-state index is -1.08. The van der Waals surface area contributed by atoms with E-state index in [9.17, 15) is 9.59 Å². The van der Waals surface area contributed by atoms with Gasteiger partial charge in [0.2, 0.25) is 0 Å². The fraction of sp³-hybridized carbons (Fsp3) is 0.778. The summed E-state index contributed by atoms with van der Waals surface area (Å²) in [7, 11) is 0. The topological polar surface area (TPSA) is 59.1 Å². The van der Waals surface area contributed by atoms with Gasteiger partial charge in [0.05, 0.1) is 6.61 Å². The maximum absolute atomic E-state index is 14.1. The van der Waals surface area contributed by atoms with E-state index in [-0.39, 0.29) is 11.8 Å². The molecule has 2 saturated heterocycles. The van der Waals surface area contributed by atoms with E-state index < -0.39 is 16.7 Å². The molecule has 2 rings (SSSR count). The largest absolute Gasteiger partial charge is 0.365 e. The molecule has 2 heterocycles. The Bertz CT molecular complexity index is 668. The van der Waals surface area contributed by atoms with Gasteiger partial charge in [-0.1, -0.05) is 57.6 Å². The number of rotatable bonds is 4. The first kappa shape index (κ1) is 27.7. The van der Waals surface area contributed by atoms with Crippen LogP contribution >= 0.6 is 0 Å². The number of amides is 2. The van der Waals surface area contributed by atoms with Crippen molar-refractivity contribution in [1.29, 1.82) is 0 Å². The van der Waals surface area contributed by atoms with E-state index in [1.165, 1.54) is 36.7 Å². The Morgan fingerprint density at radius 1 is 0.939 bits per heavy atom. The lowest BCUT2D eigenvalue weighted by Crippen LogP contribution is -2.69. The number of carbonyl (C=O) groups is 2. The maximum Gasteiger partial charge on any atom is 0.261 e. The fourth-order valence-electron chi connectivity index (χ4n) is 5.76. The van der Waals surface area contributed by atoms with Crippen LogP contribution in [0.1, 0.15) is 98.3 Å². The minimum absolute atomic E-state index is 0.230. The molecule has 0 aromatic rings. The quantitative estimate of drug-likeness (QED) is 0.403. The molecule has 6 nitrogen and oxygen atoms in total. The summed E-state index contributed by atoms with van der Waals surface area (Å²) in [4.78, 5) is 34.4. The molecule has 0 aromatic carbocycles. The van der Waals surface area contributed by atoms with Crippen LogP contribution in [0.4, 0.5) is 0 Å². The van der Waals surface area contributed by atoms with E-state index in [4.69, 9.17) is 9.57 Å². The summed E-state index contributed by atoms with van der Waals surface area (Å²) in [5.41, 5.74) is -2.04. The highest BCUT2D eigenvalue weighted by Gasteiger charge is 2.58. The highest BCUT2D eigenvalue weighted by Crippen LogP contribution is 2.46. The summed E-state index contributed by atoms with van der Waals surface area (Å²) in [6, 6.07) is 0. The Kier molecular flexibility index (Phi) is 10.3. The van der Waals surface area contributed by atoms with Crippen molar-refractivity contribution < 1.29 is 19.2 Å². The molecule has 2 aliphatic heterocycles. The summed E-state index contributed by atoms with van der Waals surface area (Å²) >= 11 is 0. The molecule has 1 spiro atoms. The summed E-state index contributed by atoms with van der Waals surface area (Å²) in [5.74, 6) is -0.569. The maximum atomic E-state index is 14.1. The second-order valence-corrected chi connectivity index (χ2v) is 10.9. The second-order valence-electron chi connectivity index (χ2n) is 10.9. The normalized spacial score (nSPS) is 25.1. The van der Waals surface area contributed by atoms with Gasteiger partial charge in [0, 0.05) is 37.1 Å². The number of hydroxylamine groups is 2. The van der Waals surface area contributed by atoms with Gasteiger partial charge in [0.15, 0.2) is 5.60 Å². The molecule has 2 fully saturated rings. The van der Waals surface area contributed by atoms with Crippen LogP contribution in [0.2, 0.25) is 0 Å². The predicted octanol–water partition coefficient (Wildman–Crippen LogP) is 5.58. The lowest BCUT2D eigenvalue weighted by molar-refractivity contribution is -0.302. The van der Waals surface area contributed by atoms with Gasteiger partial charge in [-0.05, 0) is 46.6 Å². The predicted molar refractivity (Wildman–Crippen MR) is 133 cm³/mol. The van der Waals surface area contributed by atoms with Crippen molar-refractivity contribution in [3.05, 3.63) is 25.3 Å². The third-order valence-corrected chi connectivity index (χ3v) is 6.84. The first-order valence-corrected chi connectivity index (χ1v) is 12.8. The van der Waals surface area contributed by atoms with Crippen molar-refractivity contribution >= 4 is 11.8 Å². The summed E-state index contributed by atoms with van der Waals surface area (Å²) in [6.45, 7) is 17.0. The third kappa shape index (κ3) is 7.24. The Morgan fingerprint density at radius 2 is 1.45 bits per heavy atom. The van der Waals surface area contributed by atoms with E-state index in [0.29, 0.717) is 32.6 Å². The fourth-order valence-corrected chi connectivity index (χ4v) is 5.76. The van der Waals surface area contributed by atoms with Crippen LogP contribution in [0, 0.1) is 0 Å². The molecule has 0 radical (unpaired) electrons. The Hall–Kier alpha value is -1.50. The van der Waals surface area contributed by atoms with Crippen LogP contribution in [0.15, 0.2) is 25.3 Å². The van der Waals surface area contributed by atoms with Crippen molar-refractivity contribution in [3.8, 4) is 0 Å². The van der Waals surface area contributed by atoms with Crippen molar-refractivity contribution in [2.45, 2.75) is 115 Å². The van der Waals surface area contributed by atoms with Gasteiger partial charge < -0.3 is 4.74 Å². The molecule has 0 unspecified atom stereocenters. The van der Waals surface area contributed by atoms with Gasteiger partial charge in [-0.25, -0.2) is 0 Å². The Balaban J connectivity index is 2.41. The minimum Gasteiger partial charge on any atom is -0.365 e. The van der Waals surface area contributed by atoms with E-state index in [2.05, 4.69) is 40.9 Å². The van der Waals surface area contributed by atoms with Gasteiger partial charge in [-0.3, -0.25) is 19.3 Å². The SMILES string of the molecule is C=CCON1C(C)(C)CC2(CC1(C)C)OCCCCCCCCCCCN(C(=O)C=C)C2=O. The van der Waals surface area contributed by atoms with E-state index >= 15 is 0 Å². The number of carbonyl (C=O) groups excluding carboxylic acids is 2. The number of imide groups is 1. The summed E-state index contributed by atoms with van der Waals surface area (Å²) in [5, 5.41) is 1.98. The van der Waals surface area contributed by atoms with Gasteiger partial charge in [-0.2, -0.15) is 5.06 Å². The number of ether oxygens (including phenoxy) is 1. The Morgan fingerprint density at radius 3 is 1.97 bits per heavy atom. The molecular formula is C27H46N2O4. The zero-order valence-electron chi connectivity index (χ0n) is 21.5. The van der Waals surface area contributed by atoms with E-state index in [1.807, 2.05) is 5.06 Å². The molecule has 33 heavy (non-hydrogen) atoms. The molecule has 2 amide bonds. The van der Waals surface area contributed by atoms with E-state index in [1.54, 1.807) is 6.08 Å². The average Bonchev–Trinajstić information content (AvgIpc) is 2.74. The zero-order valence-corrected chi connectivity index (χ0v) is 21.5. The molecule has 188 valence electrons. The van der Waals surface area contributed by atoms with Crippen LogP contribution in [-0.4, -0.2) is 58.2 Å². The summed E-state index contributed by atoms with van der Waals surface area (Å²) < 4.78 is 6.53. The first-order chi connectivity index (χ1) is 15.6. The molecule has 0 N–H and O–H groups in total. The molecule has 0 aromatic heterocycles. The molecular weight excluding hydrogens is 416 g/mol. The van der Waals surface area contributed by atoms with Crippen molar-refractivity contribution in [2.24, 2.45) is 0 Å². The average molecular weight is 463 g/mol. The monoisotopic (exact) mass is 462 g/mol. The Labute approximate surface area is 201 Å². The van der Waals surface area contributed by atoms with Crippen LogP contribution < -0.4 is 0 Å². The van der Waals surface area contributed by atoms with Gasteiger partial charge in [-0.15, -0.1) is 6.58 Å². The zero-order chi connectivity index (χ0) is 24.5. The van der Waals surface area contributed by atoms with Gasteiger partial charge >= 0.3 is 0 Å². The molecule has 2 aliphatic rings. The highest BCUT2D eigenvalue weighted by atomic mass is 16.7. The number of hydrogen-bond donors (Lipinski definition) is 0. The molecule has 0 atom stereocenters. The van der Waals surface area contributed by atoms with Crippen LogP contribution in [0.3, 0.4) is 0 Å². The van der Waals surface area contributed by atoms with Crippen molar-refractivity contribution in [2.75, 3.05) is 19.8 Å². The molecule has 6 heteroatoms. The van der Waals surface area contributed by atoms with Gasteiger partial charge in [0.25, 0.3) is 11.8 Å². The van der Waals surface area contributed by atoms with Gasteiger partial charge in [0.1, 0.15) is 0 Å². The first-order valence-electron chi connectivity index (χ1n) is 12.8. The second kappa shape index (κ2) is 12.3. The molecule has 0 aliphatic carbocycles. The molecule has 0 bridgehead atoms. The lowest BCUT2D eigenvalue weighted by atomic mass is 9.71. The third-order valence-electron chi connectivity index (χ3n) is 6.84. The van der Waals surface area contributed by atoms with Crippen LogP contribution in [0.25, 0.3) is 0 Å². The van der Waals surface area contributed by atoms with Crippen molar-refractivity contribution in [1.82, 2.24) is 9.96 Å². The van der Waals surface area contributed by atoms with Crippen molar-refractivity contribution in [3.63, 3.8) is 0 Å². The smallest absolute Gasteiger partial charge is 0.261 e. The van der Waals surface area contributed by atoms with Crippen LogP contribution in [-0.2, 0) is 19.2 Å². The molecule has 0 saturated carbocycles. The van der Waals surface area contributed by atoms with Crippen LogP contribution in [0.5, 0.6) is 0 Å². The number of piperidine rings is 1. The highest BCUT2D eigenvalue weighted by molar-refractivity contribution is 6.04. The number of nitrogens with zero attached hydrogens (tertiary/aromatic N) is 2. The standard InChI is InChI=1S/C27H46N2O4/c1-7-19-33-29-25(3,4)21-27(22-26(29,5)6)24(31)28(23(30)8-2)18-16-14-12-10-9-11-13-15-17-20-32-27/h7-8H,1-2,9-22H2,3-6H3. The van der Waals surface area contributed by atoms with E-state index in [0.717, 1.165) is 32.1 Å². The number of hydrogen-bond acceptors (Lipinski definition) is 5.